The third kappa shape index (κ3) is 7.19. The molecular formula is C33H41N2O2+. The van der Waals surface area contributed by atoms with Gasteiger partial charge in [-0.25, -0.2) is 4.58 Å². The van der Waals surface area contributed by atoms with Gasteiger partial charge in [-0.1, -0.05) is 31.2 Å². The van der Waals surface area contributed by atoms with E-state index in [4.69, 9.17) is 4.74 Å². The number of anilines is 1. The molecule has 0 spiro atoms. The van der Waals surface area contributed by atoms with Crippen LogP contribution in [0, 0.1) is 5.92 Å². The molecule has 0 amide bonds. The van der Waals surface area contributed by atoms with Gasteiger partial charge in [-0.3, -0.25) is 4.79 Å². The lowest BCUT2D eigenvalue weighted by Gasteiger charge is -2.22. The number of ether oxygens (including phenoxy) is 1. The Morgan fingerprint density at radius 2 is 1.46 bits per heavy atom. The first-order valence-corrected chi connectivity index (χ1v) is 13.4. The van der Waals surface area contributed by atoms with E-state index in [0.717, 1.165) is 37.4 Å². The van der Waals surface area contributed by atoms with E-state index < -0.39 is 0 Å². The average Bonchev–Trinajstić information content (AvgIpc) is 2.93. The van der Waals surface area contributed by atoms with E-state index in [0.29, 0.717) is 0 Å². The zero-order valence-electron chi connectivity index (χ0n) is 23.2. The fraction of sp³-hybridized carbons (Fsp3) is 0.333. The molecule has 0 aromatic heterocycles. The van der Waals surface area contributed by atoms with Gasteiger partial charge in [-0.05, 0) is 98.9 Å². The summed E-state index contributed by atoms with van der Waals surface area (Å²) in [6.07, 6.45) is 13.0. The lowest BCUT2D eigenvalue weighted by Crippen LogP contribution is -2.21. The maximum Gasteiger partial charge on any atom is 0.199 e. The quantitative estimate of drug-likeness (QED) is 0.246. The zero-order chi connectivity index (χ0) is 26.8. The molecule has 0 saturated heterocycles. The first-order chi connectivity index (χ1) is 17.9. The third-order valence-electron chi connectivity index (χ3n) is 6.98. The van der Waals surface area contributed by atoms with Crippen LogP contribution in [0.2, 0.25) is 0 Å². The zero-order valence-corrected chi connectivity index (χ0v) is 23.2. The fourth-order valence-electron chi connectivity index (χ4n) is 4.46. The van der Waals surface area contributed by atoms with Gasteiger partial charge >= 0.3 is 0 Å². The molecule has 4 nitrogen and oxygen atoms in total. The standard InChI is InChI=1S/C33H41N2O2/c1-7-26(25(5)36)23-24-37-32-21-15-29(16-22-32)33(27-11-17-30(18-12-27)34(6)8-2)28-13-19-31(20-14-28)35(9-3)10-4/h11-24,26H,7-10H2,1-6H3/q+1. The molecule has 0 N–H and O–H groups in total. The highest BCUT2D eigenvalue weighted by atomic mass is 16.5. The van der Waals surface area contributed by atoms with Crippen molar-refractivity contribution in [2.24, 2.45) is 5.92 Å². The number of Topliss-reactive ketones (excluding diaryl/α,β-unsaturated/α-hetero) is 1. The van der Waals surface area contributed by atoms with Crippen molar-refractivity contribution < 1.29 is 14.1 Å². The Bertz CT molecular complexity index is 1190. The number of allylic oxidation sites excluding steroid dienone is 6. The van der Waals surface area contributed by atoms with Crippen molar-refractivity contribution in [2.45, 2.75) is 41.0 Å². The Morgan fingerprint density at radius 3 is 1.95 bits per heavy atom. The minimum absolute atomic E-state index is 0.103. The Morgan fingerprint density at radius 1 is 0.892 bits per heavy atom. The molecule has 0 bridgehead atoms. The molecule has 1 atom stereocenters. The number of nitrogens with zero attached hydrogens (tertiary/aromatic N) is 2. The van der Waals surface area contributed by atoms with E-state index in [1.807, 2.05) is 25.1 Å². The summed E-state index contributed by atoms with van der Waals surface area (Å²) in [7, 11) is 2.11. The van der Waals surface area contributed by atoms with Crippen LogP contribution < -0.4 is 9.64 Å². The summed E-state index contributed by atoms with van der Waals surface area (Å²) in [5.41, 5.74) is 7.09. The van der Waals surface area contributed by atoms with Gasteiger partial charge in [0.15, 0.2) is 5.71 Å². The van der Waals surface area contributed by atoms with Gasteiger partial charge in [0.25, 0.3) is 0 Å². The first-order valence-electron chi connectivity index (χ1n) is 13.4. The Hall–Kier alpha value is -3.66. The van der Waals surface area contributed by atoms with Crippen LogP contribution in [0.1, 0.15) is 52.2 Å². The Balaban J connectivity index is 1.96. The Kier molecular flexibility index (Phi) is 10.3. The number of hydrogen-bond acceptors (Lipinski definition) is 3. The van der Waals surface area contributed by atoms with E-state index in [9.17, 15) is 4.79 Å². The van der Waals surface area contributed by atoms with Gasteiger partial charge in [0, 0.05) is 36.8 Å². The third-order valence-corrected chi connectivity index (χ3v) is 6.98. The second-order valence-corrected chi connectivity index (χ2v) is 9.25. The largest absolute Gasteiger partial charge is 0.465 e. The van der Waals surface area contributed by atoms with Crippen LogP contribution in [0.5, 0.6) is 5.75 Å². The van der Waals surface area contributed by atoms with Crippen molar-refractivity contribution in [2.75, 3.05) is 31.6 Å². The van der Waals surface area contributed by atoms with Crippen LogP contribution in [-0.4, -0.2) is 42.8 Å². The van der Waals surface area contributed by atoms with Gasteiger partial charge in [-0.15, -0.1) is 0 Å². The summed E-state index contributed by atoms with van der Waals surface area (Å²) >= 11 is 0. The molecule has 1 aliphatic rings. The van der Waals surface area contributed by atoms with Crippen LogP contribution in [0.4, 0.5) is 5.69 Å². The number of carbonyl (C=O) groups excluding carboxylic acids is 1. The summed E-state index contributed by atoms with van der Waals surface area (Å²) in [6, 6.07) is 17.0. The molecule has 0 radical (unpaired) electrons. The normalized spacial score (nSPS) is 13.7. The predicted octanol–water partition coefficient (Wildman–Crippen LogP) is 7.07. The molecule has 3 rings (SSSR count). The number of hydrogen-bond donors (Lipinski definition) is 0. The van der Waals surface area contributed by atoms with E-state index in [2.05, 4.69) is 98.0 Å². The van der Waals surface area contributed by atoms with Crippen molar-refractivity contribution >= 4 is 22.8 Å². The molecular weight excluding hydrogens is 456 g/mol. The van der Waals surface area contributed by atoms with Crippen LogP contribution in [-0.2, 0) is 4.79 Å². The minimum Gasteiger partial charge on any atom is -0.465 e. The summed E-state index contributed by atoms with van der Waals surface area (Å²) < 4.78 is 8.04. The van der Waals surface area contributed by atoms with Crippen molar-refractivity contribution in [3.8, 4) is 5.75 Å². The maximum atomic E-state index is 11.7. The average molecular weight is 498 g/mol. The highest BCUT2D eigenvalue weighted by molar-refractivity contribution is 6.04. The van der Waals surface area contributed by atoms with Crippen LogP contribution in [0.3, 0.4) is 0 Å². The predicted molar refractivity (Wildman–Crippen MR) is 157 cm³/mol. The summed E-state index contributed by atoms with van der Waals surface area (Å²) in [6.45, 7) is 13.1. The monoisotopic (exact) mass is 497 g/mol. The van der Waals surface area contributed by atoms with Crippen LogP contribution in [0.15, 0.2) is 90.7 Å². The topological polar surface area (TPSA) is 32.5 Å². The molecule has 0 fully saturated rings. The van der Waals surface area contributed by atoms with Crippen molar-refractivity contribution in [3.05, 3.63) is 102 Å². The molecule has 194 valence electrons. The molecule has 37 heavy (non-hydrogen) atoms. The molecule has 0 saturated carbocycles. The van der Waals surface area contributed by atoms with Gasteiger partial charge in [0.2, 0.25) is 0 Å². The number of carbonyl (C=O) groups is 1. The van der Waals surface area contributed by atoms with Crippen molar-refractivity contribution in [1.82, 2.24) is 0 Å². The summed E-state index contributed by atoms with van der Waals surface area (Å²) in [5.74, 6) is 0.794. The van der Waals surface area contributed by atoms with Gasteiger partial charge in [0.1, 0.15) is 25.1 Å². The number of ketones is 1. The molecule has 2 aromatic rings. The molecule has 1 aliphatic carbocycles. The highest BCUT2D eigenvalue weighted by Crippen LogP contribution is 2.32. The van der Waals surface area contributed by atoms with Gasteiger partial charge in [0.05, 0.1) is 6.26 Å². The summed E-state index contributed by atoms with van der Waals surface area (Å²) in [5, 5.41) is 0. The first kappa shape index (κ1) is 27.9. The molecule has 0 aliphatic heterocycles. The fourth-order valence-corrected chi connectivity index (χ4v) is 4.46. The molecule has 4 heteroatoms. The molecule has 2 aromatic carbocycles. The minimum atomic E-state index is -0.103. The van der Waals surface area contributed by atoms with Crippen molar-refractivity contribution in [1.29, 1.82) is 0 Å². The smallest absolute Gasteiger partial charge is 0.199 e. The van der Waals surface area contributed by atoms with E-state index in [1.165, 1.54) is 28.1 Å². The van der Waals surface area contributed by atoms with E-state index in [1.54, 1.807) is 13.2 Å². The molecule has 1 unspecified atom stereocenters. The summed E-state index contributed by atoms with van der Waals surface area (Å²) in [4.78, 5) is 14.0. The van der Waals surface area contributed by atoms with Gasteiger partial charge < -0.3 is 9.64 Å². The van der Waals surface area contributed by atoms with Crippen LogP contribution in [0.25, 0.3) is 5.57 Å². The Labute approximate surface area is 223 Å². The van der Waals surface area contributed by atoms with Crippen LogP contribution >= 0.6 is 0 Å². The number of benzene rings is 2. The molecule has 0 heterocycles. The second-order valence-electron chi connectivity index (χ2n) is 9.25. The van der Waals surface area contributed by atoms with E-state index in [-0.39, 0.29) is 11.7 Å². The number of rotatable bonds is 11. The second kappa shape index (κ2) is 13.6. The van der Waals surface area contributed by atoms with E-state index >= 15 is 0 Å². The van der Waals surface area contributed by atoms with Gasteiger partial charge in [-0.2, -0.15) is 0 Å². The van der Waals surface area contributed by atoms with Crippen molar-refractivity contribution in [3.63, 3.8) is 0 Å². The maximum absolute atomic E-state index is 11.7. The SMILES string of the molecule is CCC(C=COc1ccc(C(=C2C=CC(=[N+](C)CC)C=C2)c2ccc(N(CC)CC)cc2)cc1)C(C)=O. The highest BCUT2D eigenvalue weighted by Gasteiger charge is 2.14. The lowest BCUT2D eigenvalue weighted by molar-refractivity contribution is -0.491. The lowest BCUT2D eigenvalue weighted by atomic mass is 9.90.